The zero-order valence-electron chi connectivity index (χ0n) is 12.7. The van der Waals surface area contributed by atoms with E-state index in [1.54, 1.807) is 5.38 Å². The van der Waals surface area contributed by atoms with Gasteiger partial charge in [-0.25, -0.2) is 4.98 Å². The average molecular weight is 354 g/mol. The highest BCUT2D eigenvalue weighted by molar-refractivity contribution is 7.09. The van der Waals surface area contributed by atoms with Gasteiger partial charge in [-0.3, -0.25) is 4.79 Å². The largest absolute Gasteiger partial charge is 0.493 e. The second-order valence-corrected chi connectivity index (χ2v) is 6.16. The number of aromatic nitrogens is 1. The van der Waals surface area contributed by atoms with Crippen LogP contribution >= 0.6 is 23.7 Å². The Kier molecular flexibility index (Phi) is 6.38. The molecule has 124 valence electrons. The van der Waals surface area contributed by atoms with Crippen LogP contribution in [0.25, 0.3) is 0 Å². The predicted octanol–water partition coefficient (Wildman–Crippen LogP) is 2.71. The van der Waals surface area contributed by atoms with E-state index in [1.807, 2.05) is 24.3 Å². The molecule has 0 saturated carbocycles. The van der Waals surface area contributed by atoms with Crippen molar-refractivity contribution in [3.8, 4) is 5.75 Å². The van der Waals surface area contributed by atoms with Crippen molar-refractivity contribution in [1.82, 2.24) is 10.3 Å². The summed E-state index contributed by atoms with van der Waals surface area (Å²) in [6.07, 6.45) is 2.48. The number of ether oxygens (including phenoxy) is 1. The third kappa shape index (κ3) is 4.22. The minimum atomic E-state index is -0.138. The van der Waals surface area contributed by atoms with Crippen LogP contribution in [-0.2, 0) is 6.42 Å². The third-order valence-electron chi connectivity index (χ3n) is 3.64. The Morgan fingerprint density at radius 1 is 1.43 bits per heavy atom. The Morgan fingerprint density at radius 2 is 2.26 bits per heavy atom. The quantitative estimate of drug-likeness (QED) is 0.886. The summed E-state index contributed by atoms with van der Waals surface area (Å²) in [7, 11) is 0. The predicted molar refractivity (Wildman–Crippen MR) is 93.5 cm³/mol. The molecule has 2 aromatic rings. The van der Waals surface area contributed by atoms with Crippen LogP contribution in [0.2, 0.25) is 0 Å². The number of rotatable bonds is 4. The van der Waals surface area contributed by atoms with Gasteiger partial charge >= 0.3 is 0 Å². The highest BCUT2D eigenvalue weighted by Gasteiger charge is 2.22. The molecule has 1 aromatic heterocycles. The number of carbonyl (C=O) groups excluding carboxylic acids is 1. The van der Waals surface area contributed by atoms with Crippen LogP contribution in [0.5, 0.6) is 5.75 Å². The lowest BCUT2D eigenvalue weighted by Crippen LogP contribution is -2.28. The molecule has 1 unspecified atom stereocenters. The number of para-hydroxylation sites is 1. The van der Waals surface area contributed by atoms with Crippen molar-refractivity contribution >= 4 is 29.7 Å². The van der Waals surface area contributed by atoms with Crippen molar-refractivity contribution in [3.63, 3.8) is 0 Å². The molecule has 2 heterocycles. The highest BCUT2D eigenvalue weighted by atomic mass is 35.5. The monoisotopic (exact) mass is 353 g/mol. The van der Waals surface area contributed by atoms with Gasteiger partial charge in [-0.15, -0.1) is 23.7 Å². The summed E-state index contributed by atoms with van der Waals surface area (Å²) in [4.78, 5) is 16.8. The lowest BCUT2D eigenvalue weighted by atomic mass is 10.0. The Bertz CT molecular complexity index is 662. The van der Waals surface area contributed by atoms with E-state index in [0.717, 1.165) is 29.2 Å². The lowest BCUT2D eigenvalue weighted by Gasteiger charge is -2.17. The fraction of sp³-hybridized carbons (Fsp3) is 0.375. The number of nitrogens with one attached hydrogen (secondary N) is 1. The SMILES string of the molecule is Cl.NCCc1nc(C(=O)NC2CCCOc3ccccc32)cs1. The summed E-state index contributed by atoms with van der Waals surface area (Å²) >= 11 is 1.48. The molecule has 1 aliphatic heterocycles. The molecule has 3 rings (SSSR count). The van der Waals surface area contributed by atoms with E-state index in [0.29, 0.717) is 25.3 Å². The topological polar surface area (TPSA) is 77.2 Å². The Hall–Kier alpha value is -1.63. The number of amides is 1. The number of nitrogens with two attached hydrogens (primary N) is 1. The van der Waals surface area contributed by atoms with Crippen LogP contribution in [0, 0.1) is 0 Å². The normalized spacial score (nSPS) is 16.5. The zero-order chi connectivity index (χ0) is 15.4. The van der Waals surface area contributed by atoms with Gasteiger partial charge in [0.1, 0.15) is 11.4 Å². The van der Waals surface area contributed by atoms with Gasteiger partial charge in [-0.2, -0.15) is 0 Å². The molecule has 0 bridgehead atoms. The summed E-state index contributed by atoms with van der Waals surface area (Å²) in [6, 6.07) is 7.83. The standard InChI is InChI=1S/C16H19N3O2S.ClH/c17-8-7-15-18-13(10-22-15)16(20)19-12-5-3-9-21-14-6-2-1-4-11(12)14;/h1-2,4,6,10,12H,3,5,7-9,17H2,(H,19,20);1H. The summed E-state index contributed by atoms with van der Waals surface area (Å²) < 4.78 is 5.72. The van der Waals surface area contributed by atoms with Crippen molar-refractivity contribution < 1.29 is 9.53 Å². The number of hydrogen-bond donors (Lipinski definition) is 2. The van der Waals surface area contributed by atoms with E-state index in [1.165, 1.54) is 11.3 Å². The zero-order valence-corrected chi connectivity index (χ0v) is 14.3. The van der Waals surface area contributed by atoms with E-state index < -0.39 is 0 Å². The summed E-state index contributed by atoms with van der Waals surface area (Å²) in [5.41, 5.74) is 7.02. The fourth-order valence-electron chi connectivity index (χ4n) is 2.56. The molecule has 7 heteroatoms. The number of benzene rings is 1. The van der Waals surface area contributed by atoms with Crippen molar-refractivity contribution in [2.45, 2.75) is 25.3 Å². The van der Waals surface area contributed by atoms with Gasteiger partial charge < -0.3 is 15.8 Å². The lowest BCUT2D eigenvalue weighted by molar-refractivity contribution is 0.0930. The Morgan fingerprint density at radius 3 is 3.09 bits per heavy atom. The van der Waals surface area contributed by atoms with E-state index >= 15 is 0 Å². The maximum atomic E-state index is 12.4. The van der Waals surface area contributed by atoms with Crippen molar-refractivity contribution in [2.24, 2.45) is 5.73 Å². The van der Waals surface area contributed by atoms with Gasteiger partial charge in [-0.05, 0) is 25.5 Å². The van der Waals surface area contributed by atoms with Gasteiger partial charge in [0.25, 0.3) is 5.91 Å². The number of nitrogens with zero attached hydrogens (tertiary/aromatic N) is 1. The Balaban J connectivity index is 0.00000192. The molecule has 0 aliphatic carbocycles. The van der Waals surface area contributed by atoms with Crippen LogP contribution < -0.4 is 15.8 Å². The van der Waals surface area contributed by atoms with Crippen LogP contribution in [0.15, 0.2) is 29.6 Å². The summed E-state index contributed by atoms with van der Waals surface area (Å²) in [5, 5.41) is 5.77. The minimum absolute atomic E-state index is 0. The molecule has 1 amide bonds. The van der Waals surface area contributed by atoms with Gasteiger partial charge in [0.2, 0.25) is 0 Å². The average Bonchev–Trinajstić information content (AvgIpc) is 2.90. The molecule has 1 atom stereocenters. The highest BCUT2D eigenvalue weighted by Crippen LogP contribution is 2.31. The molecule has 1 aromatic carbocycles. The molecule has 1 aliphatic rings. The van der Waals surface area contributed by atoms with Crippen molar-refractivity contribution in [2.75, 3.05) is 13.2 Å². The van der Waals surface area contributed by atoms with Gasteiger partial charge in [0.05, 0.1) is 17.7 Å². The van der Waals surface area contributed by atoms with Crippen molar-refractivity contribution in [3.05, 3.63) is 45.9 Å². The molecule has 0 spiro atoms. The molecule has 0 fully saturated rings. The van der Waals surface area contributed by atoms with Gasteiger partial charge in [0, 0.05) is 17.4 Å². The van der Waals surface area contributed by atoms with Crippen LogP contribution in [-0.4, -0.2) is 24.0 Å². The second kappa shape index (κ2) is 8.29. The number of halogens is 1. The maximum absolute atomic E-state index is 12.4. The first-order chi connectivity index (χ1) is 10.8. The molecular weight excluding hydrogens is 334 g/mol. The number of fused-ring (bicyclic) bond motifs is 1. The van der Waals surface area contributed by atoms with Crippen molar-refractivity contribution in [1.29, 1.82) is 0 Å². The van der Waals surface area contributed by atoms with Crippen LogP contribution in [0.1, 0.15) is 39.9 Å². The fourth-order valence-corrected chi connectivity index (χ4v) is 3.35. The van der Waals surface area contributed by atoms with E-state index in [-0.39, 0.29) is 24.4 Å². The summed E-state index contributed by atoms with van der Waals surface area (Å²) in [5.74, 6) is 0.716. The first-order valence-corrected chi connectivity index (χ1v) is 8.33. The maximum Gasteiger partial charge on any atom is 0.271 e. The molecule has 0 radical (unpaired) electrons. The molecule has 23 heavy (non-hydrogen) atoms. The smallest absolute Gasteiger partial charge is 0.271 e. The van der Waals surface area contributed by atoms with E-state index in [4.69, 9.17) is 10.5 Å². The number of hydrogen-bond acceptors (Lipinski definition) is 5. The third-order valence-corrected chi connectivity index (χ3v) is 4.55. The van der Waals surface area contributed by atoms with E-state index in [2.05, 4.69) is 10.3 Å². The molecule has 0 saturated heterocycles. The van der Waals surface area contributed by atoms with E-state index in [9.17, 15) is 4.79 Å². The van der Waals surface area contributed by atoms with Crippen LogP contribution in [0.4, 0.5) is 0 Å². The Labute approximate surface area is 145 Å². The first-order valence-electron chi connectivity index (χ1n) is 7.45. The van der Waals surface area contributed by atoms with Gasteiger partial charge in [-0.1, -0.05) is 18.2 Å². The summed E-state index contributed by atoms with van der Waals surface area (Å²) in [6.45, 7) is 1.22. The van der Waals surface area contributed by atoms with Gasteiger partial charge in [0.15, 0.2) is 0 Å². The van der Waals surface area contributed by atoms with Crippen LogP contribution in [0.3, 0.4) is 0 Å². The molecular formula is C16H20ClN3O2S. The minimum Gasteiger partial charge on any atom is -0.493 e. The molecule has 5 nitrogen and oxygen atoms in total. The number of thiazole rings is 1. The second-order valence-electron chi connectivity index (χ2n) is 5.22. The first kappa shape index (κ1) is 17.7. The molecule has 3 N–H and O–H groups in total. The number of carbonyl (C=O) groups is 1.